The maximum absolute atomic E-state index is 12.3. The molecule has 0 spiro atoms. The van der Waals surface area contributed by atoms with Gasteiger partial charge in [0.1, 0.15) is 11.9 Å². The first-order chi connectivity index (χ1) is 9.74. The molecule has 1 N–H and O–H groups in total. The van der Waals surface area contributed by atoms with Gasteiger partial charge in [0.25, 0.3) is 0 Å². The zero-order valence-electron chi connectivity index (χ0n) is 11.8. The number of amides is 1. The van der Waals surface area contributed by atoms with Crippen LogP contribution in [0.15, 0.2) is 24.5 Å². The first-order valence-electron chi connectivity index (χ1n) is 7.11. The second kappa shape index (κ2) is 5.76. The van der Waals surface area contributed by atoms with Crippen LogP contribution < -0.4 is 5.32 Å². The summed E-state index contributed by atoms with van der Waals surface area (Å²) < 4.78 is 2.05. The molecular weight excluding hydrogens is 254 g/mol. The molecule has 20 heavy (non-hydrogen) atoms. The predicted molar refractivity (Wildman–Crippen MR) is 76.0 cm³/mol. The molecule has 0 bridgehead atoms. The van der Waals surface area contributed by atoms with E-state index in [0.717, 1.165) is 45.1 Å². The van der Waals surface area contributed by atoms with Crippen molar-refractivity contribution in [3.05, 3.63) is 30.4 Å². The Labute approximate surface area is 119 Å². The van der Waals surface area contributed by atoms with Gasteiger partial charge in [-0.25, -0.2) is 4.98 Å². The van der Waals surface area contributed by atoms with Gasteiger partial charge >= 0.3 is 0 Å². The first kappa shape index (κ1) is 13.3. The number of hydrogen-bond acceptors (Lipinski definition) is 4. The molecule has 3 heterocycles. The lowest BCUT2D eigenvalue weighted by Crippen LogP contribution is -2.52. The molecule has 3 rings (SSSR count). The third-order valence-corrected chi connectivity index (χ3v) is 4.02. The van der Waals surface area contributed by atoms with E-state index in [1.54, 1.807) is 0 Å². The Morgan fingerprint density at radius 1 is 1.40 bits per heavy atom. The molecule has 0 aromatic carbocycles. The molecule has 0 radical (unpaired) electrons. The van der Waals surface area contributed by atoms with Crippen LogP contribution in [0.1, 0.15) is 5.82 Å². The van der Waals surface area contributed by atoms with E-state index in [2.05, 4.69) is 15.2 Å². The predicted octanol–water partition coefficient (Wildman–Crippen LogP) is -0.408. The largest absolute Gasteiger partial charge is 0.338 e. The Hall–Kier alpha value is -1.66. The van der Waals surface area contributed by atoms with E-state index in [-0.39, 0.29) is 11.9 Å². The lowest BCUT2D eigenvalue weighted by molar-refractivity contribution is -0.133. The number of rotatable bonds is 3. The van der Waals surface area contributed by atoms with Crippen LogP contribution in [-0.2, 0) is 18.4 Å². The van der Waals surface area contributed by atoms with Gasteiger partial charge in [-0.3, -0.25) is 15.0 Å². The Bertz CT molecular complexity index is 501. The maximum atomic E-state index is 12.3. The molecule has 1 saturated heterocycles. The van der Waals surface area contributed by atoms with Crippen LogP contribution in [0.5, 0.6) is 0 Å². The van der Waals surface area contributed by atoms with E-state index in [1.165, 1.54) is 0 Å². The summed E-state index contributed by atoms with van der Waals surface area (Å²) >= 11 is 0. The van der Waals surface area contributed by atoms with Gasteiger partial charge in [-0.1, -0.05) is 12.2 Å². The summed E-state index contributed by atoms with van der Waals surface area (Å²) in [5.74, 6) is 1.28. The van der Waals surface area contributed by atoms with Gasteiger partial charge in [0, 0.05) is 52.2 Å². The van der Waals surface area contributed by atoms with Crippen molar-refractivity contribution in [2.75, 3.05) is 32.7 Å². The van der Waals surface area contributed by atoms with Gasteiger partial charge in [-0.15, -0.1) is 0 Å². The number of nitrogens with one attached hydrogen (secondary N) is 1. The van der Waals surface area contributed by atoms with Gasteiger partial charge in [-0.05, 0) is 0 Å². The second-order valence-electron chi connectivity index (χ2n) is 5.37. The number of carbonyl (C=O) groups excluding carboxylic acids is 1. The van der Waals surface area contributed by atoms with Crippen LogP contribution in [0.25, 0.3) is 0 Å². The topological polar surface area (TPSA) is 53.4 Å². The van der Waals surface area contributed by atoms with Crippen LogP contribution in [0.2, 0.25) is 0 Å². The van der Waals surface area contributed by atoms with Crippen LogP contribution >= 0.6 is 0 Å². The molecule has 0 aliphatic carbocycles. The fraction of sp³-hybridized carbons (Fsp3) is 0.571. The zero-order chi connectivity index (χ0) is 13.9. The second-order valence-corrected chi connectivity index (χ2v) is 5.37. The number of aryl methyl sites for hydroxylation is 1. The maximum Gasteiger partial charge on any atom is 0.243 e. The van der Waals surface area contributed by atoms with Gasteiger partial charge in [-0.2, -0.15) is 0 Å². The number of hydrogen-bond donors (Lipinski definition) is 1. The first-order valence-corrected chi connectivity index (χ1v) is 7.11. The molecule has 6 nitrogen and oxygen atoms in total. The number of carbonyl (C=O) groups is 1. The van der Waals surface area contributed by atoms with Crippen molar-refractivity contribution in [2.45, 2.75) is 12.6 Å². The molecule has 1 fully saturated rings. The SMILES string of the molecule is Cn1ccnc1CN1CCN(C(=O)C2C=CCN2)CC1. The highest BCUT2D eigenvalue weighted by atomic mass is 16.2. The Balaban J connectivity index is 1.50. The summed E-state index contributed by atoms with van der Waals surface area (Å²) in [6.45, 7) is 5.08. The normalized spacial score (nSPS) is 23.4. The monoisotopic (exact) mass is 275 g/mol. The van der Waals surface area contributed by atoms with E-state index in [1.807, 2.05) is 41.1 Å². The summed E-state index contributed by atoms with van der Waals surface area (Å²) in [7, 11) is 2.01. The minimum Gasteiger partial charge on any atom is -0.338 e. The molecule has 1 atom stereocenters. The molecule has 1 aromatic rings. The Morgan fingerprint density at radius 2 is 2.20 bits per heavy atom. The Kier molecular flexibility index (Phi) is 3.84. The van der Waals surface area contributed by atoms with Gasteiger partial charge in [0.05, 0.1) is 6.54 Å². The molecular formula is C14H21N5O. The summed E-state index contributed by atoms with van der Waals surface area (Å²) in [4.78, 5) is 20.9. The molecule has 1 aromatic heterocycles. The van der Waals surface area contributed by atoms with Gasteiger partial charge < -0.3 is 9.47 Å². The number of piperazine rings is 1. The zero-order valence-corrected chi connectivity index (χ0v) is 11.8. The highest BCUT2D eigenvalue weighted by Gasteiger charge is 2.27. The fourth-order valence-electron chi connectivity index (χ4n) is 2.71. The lowest BCUT2D eigenvalue weighted by atomic mass is 10.2. The smallest absolute Gasteiger partial charge is 0.243 e. The minimum atomic E-state index is -0.115. The summed E-state index contributed by atoms with van der Waals surface area (Å²) in [6.07, 6.45) is 7.77. The van der Waals surface area contributed by atoms with Crippen molar-refractivity contribution in [2.24, 2.45) is 7.05 Å². The van der Waals surface area contributed by atoms with Crippen LogP contribution in [0.4, 0.5) is 0 Å². The van der Waals surface area contributed by atoms with Gasteiger partial charge in [0.2, 0.25) is 5.91 Å². The standard InChI is InChI=1S/C14H21N5O/c1-17-6-5-16-13(17)11-18-7-9-19(10-8-18)14(20)12-3-2-4-15-12/h2-3,5-6,12,15H,4,7-11H2,1H3. The molecule has 0 saturated carbocycles. The van der Waals surface area contributed by atoms with Crippen molar-refractivity contribution in [1.82, 2.24) is 24.7 Å². The van der Waals surface area contributed by atoms with Crippen LogP contribution in [-0.4, -0.2) is 64.0 Å². The highest BCUT2D eigenvalue weighted by Crippen LogP contribution is 2.09. The van der Waals surface area contributed by atoms with E-state index in [9.17, 15) is 4.79 Å². The number of aromatic nitrogens is 2. The summed E-state index contributed by atoms with van der Waals surface area (Å²) in [6, 6.07) is -0.115. The van der Waals surface area contributed by atoms with E-state index in [4.69, 9.17) is 0 Å². The van der Waals surface area contributed by atoms with Crippen LogP contribution in [0, 0.1) is 0 Å². The average Bonchev–Trinajstić information content (AvgIpc) is 3.12. The quantitative estimate of drug-likeness (QED) is 0.762. The molecule has 2 aliphatic heterocycles. The van der Waals surface area contributed by atoms with Crippen molar-refractivity contribution < 1.29 is 4.79 Å². The highest BCUT2D eigenvalue weighted by molar-refractivity contribution is 5.84. The van der Waals surface area contributed by atoms with E-state index < -0.39 is 0 Å². The Morgan fingerprint density at radius 3 is 2.80 bits per heavy atom. The van der Waals surface area contributed by atoms with Crippen molar-refractivity contribution >= 4 is 5.91 Å². The summed E-state index contributed by atoms with van der Waals surface area (Å²) in [5, 5.41) is 3.18. The van der Waals surface area contributed by atoms with Crippen molar-refractivity contribution in [3.8, 4) is 0 Å². The molecule has 6 heteroatoms. The fourth-order valence-corrected chi connectivity index (χ4v) is 2.71. The van der Waals surface area contributed by atoms with Gasteiger partial charge in [0.15, 0.2) is 0 Å². The van der Waals surface area contributed by atoms with Crippen molar-refractivity contribution in [3.63, 3.8) is 0 Å². The van der Waals surface area contributed by atoms with E-state index in [0.29, 0.717) is 0 Å². The van der Waals surface area contributed by atoms with E-state index >= 15 is 0 Å². The molecule has 108 valence electrons. The number of imidazole rings is 1. The third-order valence-electron chi connectivity index (χ3n) is 4.02. The minimum absolute atomic E-state index is 0.115. The lowest BCUT2D eigenvalue weighted by Gasteiger charge is -2.35. The molecule has 1 amide bonds. The molecule has 1 unspecified atom stereocenters. The number of nitrogens with zero attached hydrogens (tertiary/aromatic N) is 4. The van der Waals surface area contributed by atoms with Crippen LogP contribution in [0.3, 0.4) is 0 Å². The average molecular weight is 275 g/mol. The summed E-state index contributed by atoms with van der Waals surface area (Å²) in [5.41, 5.74) is 0. The third kappa shape index (κ3) is 2.76. The molecule has 2 aliphatic rings. The van der Waals surface area contributed by atoms with Crippen molar-refractivity contribution in [1.29, 1.82) is 0 Å².